The third-order valence-corrected chi connectivity index (χ3v) is 4.25. The number of nitrogens with zero attached hydrogens (tertiary/aromatic N) is 1. The van der Waals surface area contributed by atoms with Gasteiger partial charge in [-0.3, -0.25) is 0 Å². The fraction of sp³-hybridized carbons (Fsp3) is 0.375. The molecule has 1 aliphatic rings. The van der Waals surface area contributed by atoms with Crippen molar-refractivity contribution in [2.75, 3.05) is 11.9 Å². The van der Waals surface area contributed by atoms with Crippen molar-refractivity contribution in [1.82, 2.24) is 4.98 Å². The van der Waals surface area contributed by atoms with E-state index in [0.717, 1.165) is 17.2 Å². The molecular formula is C16H18N2O3. The molecular weight excluding hydrogens is 268 g/mol. The molecule has 0 radical (unpaired) electrons. The Balaban J connectivity index is 2.10. The molecule has 21 heavy (non-hydrogen) atoms. The van der Waals surface area contributed by atoms with E-state index in [2.05, 4.69) is 17.2 Å². The number of fused-ring (bicyclic) bond motifs is 1. The zero-order valence-corrected chi connectivity index (χ0v) is 12.1. The van der Waals surface area contributed by atoms with Gasteiger partial charge < -0.3 is 15.2 Å². The molecule has 2 heterocycles. The van der Waals surface area contributed by atoms with Crippen molar-refractivity contribution < 1.29 is 14.6 Å². The molecule has 1 aliphatic heterocycles. The highest BCUT2D eigenvalue weighted by Gasteiger charge is 2.37. The average molecular weight is 286 g/mol. The molecule has 2 aromatic rings. The first kappa shape index (κ1) is 13.8. The number of benzene rings is 1. The number of carbonyl (C=O) groups is 1. The van der Waals surface area contributed by atoms with E-state index < -0.39 is 5.97 Å². The van der Waals surface area contributed by atoms with Gasteiger partial charge in [-0.15, -0.1) is 0 Å². The number of aromatic carboxylic acids is 1. The molecule has 0 bridgehead atoms. The van der Waals surface area contributed by atoms with Crippen LogP contribution in [0.3, 0.4) is 0 Å². The number of carboxylic acids is 1. The molecule has 110 valence electrons. The van der Waals surface area contributed by atoms with Gasteiger partial charge in [0.1, 0.15) is 5.82 Å². The van der Waals surface area contributed by atoms with Crippen LogP contribution in [0.2, 0.25) is 0 Å². The summed E-state index contributed by atoms with van der Waals surface area (Å²) in [7, 11) is 0. The number of ether oxygens (including phenoxy) is 1. The van der Waals surface area contributed by atoms with Crippen LogP contribution < -0.4 is 5.32 Å². The molecule has 2 N–H and O–H groups in total. The van der Waals surface area contributed by atoms with Crippen LogP contribution in [0, 0.1) is 0 Å². The zero-order chi connectivity index (χ0) is 15.0. The van der Waals surface area contributed by atoms with Crippen LogP contribution in [-0.4, -0.2) is 34.3 Å². The summed E-state index contributed by atoms with van der Waals surface area (Å²) >= 11 is 0. The van der Waals surface area contributed by atoms with Gasteiger partial charge in [-0.1, -0.05) is 24.3 Å². The van der Waals surface area contributed by atoms with Gasteiger partial charge in [0.2, 0.25) is 0 Å². The molecule has 5 heteroatoms. The first-order chi connectivity index (χ1) is 9.99. The minimum atomic E-state index is -1.02. The predicted octanol–water partition coefficient (Wildman–Crippen LogP) is 2.91. The first-order valence-electron chi connectivity index (χ1n) is 7.02. The second kappa shape index (κ2) is 5.00. The van der Waals surface area contributed by atoms with Gasteiger partial charge in [0.05, 0.1) is 11.6 Å². The zero-order valence-electron chi connectivity index (χ0n) is 12.1. The van der Waals surface area contributed by atoms with Gasteiger partial charge in [-0.25, -0.2) is 9.78 Å². The third kappa shape index (κ3) is 2.45. The van der Waals surface area contributed by atoms with Gasteiger partial charge in [0, 0.05) is 12.0 Å². The van der Waals surface area contributed by atoms with Gasteiger partial charge in [-0.2, -0.15) is 0 Å². The summed E-state index contributed by atoms with van der Waals surface area (Å²) in [6.07, 6.45) is 0.910. The molecule has 1 saturated heterocycles. The van der Waals surface area contributed by atoms with Crippen molar-refractivity contribution in [2.24, 2.45) is 0 Å². The van der Waals surface area contributed by atoms with Crippen LogP contribution in [0.15, 0.2) is 30.3 Å². The van der Waals surface area contributed by atoms with E-state index in [0.29, 0.717) is 12.4 Å². The topological polar surface area (TPSA) is 71.5 Å². The third-order valence-electron chi connectivity index (χ3n) is 4.25. The smallest absolute Gasteiger partial charge is 0.354 e. The normalized spacial score (nSPS) is 25.1. The number of hydrogen-bond acceptors (Lipinski definition) is 4. The maximum Gasteiger partial charge on any atom is 0.354 e. The molecule has 2 atom stereocenters. The quantitative estimate of drug-likeness (QED) is 0.907. The van der Waals surface area contributed by atoms with Crippen molar-refractivity contribution in [3.63, 3.8) is 0 Å². The van der Waals surface area contributed by atoms with E-state index >= 15 is 0 Å². The fourth-order valence-corrected chi connectivity index (χ4v) is 2.67. The second-order valence-electron chi connectivity index (χ2n) is 5.69. The monoisotopic (exact) mass is 286 g/mol. The summed E-state index contributed by atoms with van der Waals surface area (Å²) in [5.74, 6) is -0.421. The summed E-state index contributed by atoms with van der Waals surface area (Å²) in [6, 6.07) is 9.25. The molecule has 5 nitrogen and oxygen atoms in total. The molecule has 0 saturated carbocycles. The van der Waals surface area contributed by atoms with E-state index in [1.165, 1.54) is 0 Å². The summed E-state index contributed by atoms with van der Waals surface area (Å²) in [5.41, 5.74) is -0.196. The minimum absolute atomic E-state index is 0.0476. The lowest BCUT2D eigenvalue weighted by molar-refractivity contribution is 0.0691. The molecule has 2 unspecified atom stereocenters. The first-order valence-corrected chi connectivity index (χ1v) is 7.02. The van der Waals surface area contributed by atoms with Gasteiger partial charge in [-0.05, 0) is 31.7 Å². The molecule has 1 fully saturated rings. The molecule has 1 aromatic heterocycles. The van der Waals surface area contributed by atoms with Crippen molar-refractivity contribution in [2.45, 2.75) is 31.9 Å². The van der Waals surface area contributed by atoms with Crippen molar-refractivity contribution in [3.8, 4) is 0 Å². The number of anilines is 1. The molecule has 0 spiro atoms. The number of nitrogens with one attached hydrogen (secondary N) is 1. The highest BCUT2D eigenvalue weighted by atomic mass is 16.5. The Morgan fingerprint density at radius 3 is 2.90 bits per heavy atom. The Hall–Kier alpha value is -2.14. The van der Waals surface area contributed by atoms with E-state index in [1.54, 1.807) is 6.07 Å². The van der Waals surface area contributed by atoms with Crippen LogP contribution in [0.4, 0.5) is 5.82 Å². The molecule has 0 aliphatic carbocycles. The Labute approximate surface area is 123 Å². The SMILES string of the molecule is CC1OCCC1(C)Nc1nc(C(=O)O)cc2ccccc12. The number of rotatable bonds is 3. The standard InChI is InChI=1S/C16H18N2O3/c1-10-16(2,7-8-21-10)18-14-12-6-4-3-5-11(12)9-13(17-14)15(19)20/h3-6,9-10H,7-8H2,1-2H3,(H,17,18)(H,19,20). The Morgan fingerprint density at radius 1 is 1.48 bits per heavy atom. The maximum absolute atomic E-state index is 11.3. The Bertz CT molecular complexity index is 701. The van der Waals surface area contributed by atoms with Crippen LogP contribution >= 0.6 is 0 Å². The van der Waals surface area contributed by atoms with Gasteiger partial charge >= 0.3 is 5.97 Å². The van der Waals surface area contributed by atoms with Gasteiger partial charge in [0.15, 0.2) is 5.69 Å². The van der Waals surface area contributed by atoms with E-state index in [1.807, 2.05) is 31.2 Å². The van der Waals surface area contributed by atoms with E-state index in [9.17, 15) is 9.90 Å². The van der Waals surface area contributed by atoms with Crippen molar-refractivity contribution in [3.05, 3.63) is 36.0 Å². The summed E-state index contributed by atoms with van der Waals surface area (Å²) < 4.78 is 5.62. The van der Waals surface area contributed by atoms with Crippen LogP contribution in [0.1, 0.15) is 30.8 Å². The summed E-state index contributed by atoms with van der Waals surface area (Å²) in [5, 5.41) is 14.4. The maximum atomic E-state index is 11.3. The van der Waals surface area contributed by atoms with Gasteiger partial charge in [0.25, 0.3) is 0 Å². The van der Waals surface area contributed by atoms with Crippen LogP contribution in [0.5, 0.6) is 0 Å². The summed E-state index contributed by atoms with van der Waals surface area (Å²) in [4.78, 5) is 15.5. The highest BCUT2D eigenvalue weighted by molar-refractivity contribution is 5.97. The number of hydrogen-bond donors (Lipinski definition) is 2. The largest absolute Gasteiger partial charge is 0.477 e. The predicted molar refractivity (Wildman–Crippen MR) is 80.8 cm³/mol. The lowest BCUT2D eigenvalue weighted by Crippen LogP contribution is -2.41. The van der Waals surface area contributed by atoms with Crippen molar-refractivity contribution in [1.29, 1.82) is 0 Å². The second-order valence-corrected chi connectivity index (χ2v) is 5.69. The fourth-order valence-electron chi connectivity index (χ4n) is 2.67. The Kier molecular flexibility index (Phi) is 3.29. The average Bonchev–Trinajstić information content (AvgIpc) is 2.78. The van der Waals surface area contributed by atoms with Crippen molar-refractivity contribution >= 4 is 22.6 Å². The lowest BCUT2D eigenvalue weighted by Gasteiger charge is -2.30. The van der Waals surface area contributed by atoms with Crippen LogP contribution in [-0.2, 0) is 4.74 Å². The van der Waals surface area contributed by atoms with E-state index in [-0.39, 0.29) is 17.3 Å². The number of aromatic nitrogens is 1. The number of pyridine rings is 1. The van der Waals surface area contributed by atoms with E-state index in [4.69, 9.17) is 4.74 Å². The molecule has 0 amide bonds. The van der Waals surface area contributed by atoms with Crippen LogP contribution in [0.25, 0.3) is 10.8 Å². The minimum Gasteiger partial charge on any atom is -0.477 e. The molecule has 3 rings (SSSR count). The lowest BCUT2D eigenvalue weighted by atomic mass is 9.94. The molecule has 1 aromatic carbocycles. The number of carboxylic acid groups (broad SMARTS) is 1. The Morgan fingerprint density at radius 2 is 2.24 bits per heavy atom. The highest BCUT2D eigenvalue weighted by Crippen LogP contribution is 2.32. The summed E-state index contributed by atoms with van der Waals surface area (Å²) in [6.45, 7) is 4.79.